The van der Waals surface area contributed by atoms with E-state index in [0.29, 0.717) is 22.1 Å². The first kappa shape index (κ1) is 20.9. The molecule has 0 aliphatic heterocycles. The van der Waals surface area contributed by atoms with Gasteiger partial charge in [0.15, 0.2) is 0 Å². The van der Waals surface area contributed by atoms with Crippen molar-refractivity contribution < 1.29 is 18.6 Å². The number of rotatable bonds is 8. The maximum absolute atomic E-state index is 12.6. The molecule has 3 N–H and O–H groups in total. The number of hydrogen-bond acceptors (Lipinski definition) is 6. The number of pyridine rings is 1. The first-order valence-corrected chi connectivity index (χ1v) is 10.1. The summed E-state index contributed by atoms with van der Waals surface area (Å²) >= 11 is 0. The molecule has 3 rings (SSSR count). The summed E-state index contributed by atoms with van der Waals surface area (Å²) in [5.74, 6) is -0.252. The number of amides is 2. The molecule has 0 bridgehead atoms. The molecule has 1 aromatic carbocycles. The molecule has 1 aliphatic rings. The highest BCUT2D eigenvalue weighted by Gasteiger charge is 2.30. The molecule has 2 amide bonds. The molecule has 1 fully saturated rings. The molecule has 1 saturated carbocycles. The SMILES string of the molecule is CONC(=O)c1cnc(NC(=O)C2CC2)cc1Nc1ccccc1S(=O)N(C)C. The van der Waals surface area contributed by atoms with Crippen molar-refractivity contribution in [1.82, 2.24) is 14.8 Å². The largest absolute Gasteiger partial charge is 0.354 e. The van der Waals surface area contributed by atoms with E-state index in [9.17, 15) is 13.8 Å². The summed E-state index contributed by atoms with van der Waals surface area (Å²) in [6, 6.07) is 8.65. The number of aromatic nitrogens is 1. The Kier molecular flexibility index (Phi) is 6.57. The fourth-order valence-corrected chi connectivity index (χ4v) is 3.49. The second-order valence-electron chi connectivity index (χ2n) is 6.70. The summed E-state index contributed by atoms with van der Waals surface area (Å²) in [6.07, 6.45) is 3.09. The molecule has 1 heterocycles. The maximum Gasteiger partial charge on any atom is 0.278 e. The minimum Gasteiger partial charge on any atom is -0.354 e. The van der Waals surface area contributed by atoms with E-state index in [1.165, 1.54) is 13.3 Å². The number of hydroxylamine groups is 1. The smallest absolute Gasteiger partial charge is 0.278 e. The molecule has 1 unspecified atom stereocenters. The lowest BCUT2D eigenvalue weighted by Gasteiger charge is -2.17. The van der Waals surface area contributed by atoms with Gasteiger partial charge in [-0.2, -0.15) is 0 Å². The van der Waals surface area contributed by atoms with E-state index < -0.39 is 16.9 Å². The Morgan fingerprint density at radius 3 is 2.59 bits per heavy atom. The summed E-state index contributed by atoms with van der Waals surface area (Å²) in [4.78, 5) is 33.9. The molecular weight excluding hydrogens is 394 g/mol. The molecule has 0 radical (unpaired) electrons. The van der Waals surface area contributed by atoms with E-state index in [1.54, 1.807) is 48.7 Å². The fourth-order valence-electron chi connectivity index (χ4n) is 2.59. The van der Waals surface area contributed by atoms with Crippen molar-refractivity contribution in [2.24, 2.45) is 5.92 Å². The Balaban J connectivity index is 1.96. The van der Waals surface area contributed by atoms with Crippen LogP contribution < -0.4 is 16.1 Å². The third kappa shape index (κ3) is 5.17. The zero-order valence-electron chi connectivity index (χ0n) is 16.4. The van der Waals surface area contributed by atoms with E-state index >= 15 is 0 Å². The fraction of sp³-hybridized carbons (Fsp3) is 0.316. The quantitative estimate of drug-likeness (QED) is 0.567. The van der Waals surface area contributed by atoms with Crippen molar-refractivity contribution in [3.63, 3.8) is 0 Å². The van der Waals surface area contributed by atoms with Gasteiger partial charge in [0.05, 0.1) is 28.9 Å². The minimum atomic E-state index is -1.39. The van der Waals surface area contributed by atoms with Gasteiger partial charge in [0.2, 0.25) is 5.91 Å². The molecule has 2 aromatic rings. The van der Waals surface area contributed by atoms with Crippen LogP contribution in [0.15, 0.2) is 41.4 Å². The van der Waals surface area contributed by atoms with E-state index in [-0.39, 0.29) is 17.4 Å². The number of anilines is 3. The predicted molar refractivity (Wildman–Crippen MR) is 110 cm³/mol. The molecule has 154 valence electrons. The lowest BCUT2D eigenvalue weighted by molar-refractivity contribution is -0.117. The Hall–Kier alpha value is -2.82. The lowest BCUT2D eigenvalue weighted by Crippen LogP contribution is -2.23. The standard InChI is InChI=1S/C19H23N5O4S/c1-24(2)29(27)16-7-5-4-6-14(16)21-15-10-17(22-18(25)12-8-9-12)20-11-13(15)19(26)23-28-3/h4-7,10-12H,8-9H2,1-3H3,(H,23,26)(H2,20,21,22,25). The van der Waals surface area contributed by atoms with Crippen LogP contribution >= 0.6 is 0 Å². The topological polar surface area (TPSA) is 113 Å². The van der Waals surface area contributed by atoms with E-state index in [0.717, 1.165) is 12.8 Å². The number of carbonyl (C=O) groups excluding carboxylic acids is 2. The van der Waals surface area contributed by atoms with Gasteiger partial charge in [-0.05, 0) is 39.1 Å². The Morgan fingerprint density at radius 2 is 1.93 bits per heavy atom. The van der Waals surface area contributed by atoms with Crippen LogP contribution in [0.1, 0.15) is 23.2 Å². The van der Waals surface area contributed by atoms with E-state index in [2.05, 4.69) is 21.1 Å². The lowest BCUT2D eigenvalue weighted by atomic mass is 10.2. The zero-order chi connectivity index (χ0) is 21.0. The van der Waals surface area contributed by atoms with Crippen LogP contribution in [-0.4, -0.2) is 46.5 Å². The molecule has 29 heavy (non-hydrogen) atoms. The van der Waals surface area contributed by atoms with Crippen molar-refractivity contribution >= 4 is 40.0 Å². The van der Waals surface area contributed by atoms with Crippen molar-refractivity contribution in [3.8, 4) is 0 Å². The highest BCUT2D eigenvalue weighted by atomic mass is 32.2. The maximum atomic E-state index is 12.6. The van der Waals surface area contributed by atoms with E-state index in [1.807, 2.05) is 0 Å². The van der Waals surface area contributed by atoms with Gasteiger partial charge in [0.25, 0.3) is 5.91 Å². The first-order chi connectivity index (χ1) is 13.9. The Morgan fingerprint density at radius 1 is 1.21 bits per heavy atom. The molecule has 0 saturated heterocycles. The van der Waals surface area contributed by atoms with Crippen molar-refractivity contribution in [1.29, 1.82) is 0 Å². The van der Waals surface area contributed by atoms with Gasteiger partial charge in [0, 0.05) is 18.2 Å². The summed E-state index contributed by atoms with van der Waals surface area (Å²) in [7, 11) is 3.36. The van der Waals surface area contributed by atoms with Crippen LogP contribution in [0.3, 0.4) is 0 Å². The van der Waals surface area contributed by atoms with Crippen LogP contribution in [0.2, 0.25) is 0 Å². The van der Waals surface area contributed by atoms with Crippen LogP contribution in [0.5, 0.6) is 0 Å². The zero-order valence-corrected chi connectivity index (χ0v) is 17.2. The van der Waals surface area contributed by atoms with E-state index in [4.69, 9.17) is 4.84 Å². The summed E-state index contributed by atoms with van der Waals surface area (Å²) in [5.41, 5.74) is 3.43. The molecule has 0 spiro atoms. The molecular formula is C19H23N5O4S. The molecule has 9 nitrogen and oxygen atoms in total. The van der Waals surface area contributed by atoms with Crippen molar-refractivity contribution in [2.45, 2.75) is 17.7 Å². The normalized spacial score (nSPS) is 14.3. The van der Waals surface area contributed by atoms with Crippen LogP contribution in [0.4, 0.5) is 17.2 Å². The monoisotopic (exact) mass is 417 g/mol. The van der Waals surface area contributed by atoms with Crippen molar-refractivity contribution in [2.75, 3.05) is 31.8 Å². The molecule has 1 aromatic heterocycles. The molecule has 1 aliphatic carbocycles. The number of nitrogens with zero attached hydrogens (tertiary/aromatic N) is 2. The summed E-state index contributed by atoms with van der Waals surface area (Å²) < 4.78 is 14.2. The van der Waals surface area contributed by atoms with Crippen LogP contribution in [0.25, 0.3) is 0 Å². The Labute approximate surface area is 171 Å². The first-order valence-electron chi connectivity index (χ1n) is 9.00. The van der Waals surface area contributed by atoms with Gasteiger partial charge in [-0.25, -0.2) is 19.0 Å². The third-order valence-corrected chi connectivity index (χ3v) is 5.61. The highest BCUT2D eigenvalue weighted by Crippen LogP contribution is 2.31. The third-order valence-electron chi connectivity index (χ3n) is 4.22. The van der Waals surface area contributed by atoms with Gasteiger partial charge in [0.1, 0.15) is 16.8 Å². The second kappa shape index (κ2) is 9.12. The van der Waals surface area contributed by atoms with Crippen LogP contribution in [0, 0.1) is 5.92 Å². The van der Waals surface area contributed by atoms with Gasteiger partial charge in [-0.1, -0.05) is 12.1 Å². The minimum absolute atomic E-state index is 0.0212. The van der Waals surface area contributed by atoms with Crippen LogP contribution in [-0.2, 0) is 20.6 Å². The second-order valence-corrected chi connectivity index (χ2v) is 8.37. The number of carbonyl (C=O) groups is 2. The number of nitrogens with one attached hydrogen (secondary N) is 3. The summed E-state index contributed by atoms with van der Waals surface area (Å²) in [6.45, 7) is 0. The van der Waals surface area contributed by atoms with Gasteiger partial charge >= 0.3 is 0 Å². The van der Waals surface area contributed by atoms with Gasteiger partial charge in [-0.15, -0.1) is 0 Å². The number of benzene rings is 1. The van der Waals surface area contributed by atoms with Gasteiger partial charge < -0.3 is 10.6 Å². The van der Waals surface area contributed by atoms with Crippen molar-refractivity contribution in [3.05, 3.63) is 42.1 Å². The average molecular weight is 417 g/mol. The van der Waals surface area contributed by atoms with Gasteiger partial charge in [-0.3, -0.25) is 14.4 Å². The Bertz CT molecular complexity index is 946. The average Bonchev–Trinajstić information content (AvgIpc) is 3.53. The number of hydrogen-bond donors (Lipinski definition) is 3. The highest BCUT2D eigenvalue weighted by molar-refractivity contribution is 7.82. The molecule has 1 atom stereocenters. The predicted octanol–water partition coefficient (Wildman–Crippen LogP) is 2.05. The number of para-hydroxylation sites is 1. The summed E-state index contributed by atoms with van der Waals surface area (Å²) in [5, 5.41) is 5.91. The molecule has 10 heteroatoms.